The van der Waals surface area contributed by atoms with Crippen LogP contribution in [0.15, 0.2) is 66.7 Å². The van der Waals surface area contributed by atoms with Gasteiger partial charge >= 0.3 is 6.03 Å². The van der Waals surface area contributed by atoms with Crippen LogP contribution in [-0.2, 0) is 23.2 Å². The summed E-state index contributed by atoms with van der Waals surface area (Å²) in [7, 11) is 3.17. The fourth-order valence-corrected chi connectivity index (χ4v) is 5.84. The molecule has 0 spiro atoms. The number of carbonyl (C=O) groups is 3. The van der Waals surface area contributed by atoms with Gasteiger partial charge in [0.15, 0.2) is 17.0 Å². The SMILES string of the molecule is COc1ccc(CCNC(=O)c2ccc(N3C(=O)N4CCc5c([nH]c6ccccc56)C4(C)C3=O)cc2)cc1OC. The number of fused-ring (bicyclic) bond motifs is 5. The quantitative estimate of drug-likeness (QED) is 0.340. The van der Waals surface area contributed by atoms with Gasteiger partial charge in [-0.05, 0) is 73.4 Å². The number of anilines is 1. The average Bonchev–Trinajstić information content (AvgIpc) is 3.46. The number of ether oxygens (including phenoxy) is 2. The summed E-state index contributed by atoms with van der Waals surface area (Å²) in [6.45, 7) is 2.69. The molecule has 0 aliphatic carbocycles. The Hall–Kier alpha value is -4.79. The molecule has 204 valence electrons. The van der Waals surface area contributed by atoms with Gasteiger partial charge in [-0.25, -0.2) is 9.69 Å². The highest BCUT2D eigenvalue weighted by Gasteiger charge is 2.59. The molecule has 1 aromatic heterocycles. The number of aromatic nitrogens is 1. The van der Waals surface area contributed by atoms with Crippen LogP contribution in [0.1, 0.15) is 34.1 Å². The molecule has 0 bridgehead atoms. The third-order valence-corrected chi connectivity index (χ3v) is 8.00. The predicted molar refractivity (Wildman–Crippen MR) is 151 cm³/mol. The van der Waals surface area contributed by atoms with Crippen molar-refractivity contribution < 1.29 is 23.9 Å². The van der Waals surface area contributed by atoms with E-state index in [1.165, 1.54) is 4.90 Å². The van der Waals surface area contributed by atoms with Crippen molar-refractivity contribution in [3.63, 3.8) is 0 Å². The third kappa shape index (κ3) is 3.88. The van der Waals surface area contributed by atoms with Crippen molar-refractivity contribution in [2.75, 3.05) is 32.2 Å². The van der Waals surface area contributed by atoms with Gasteiger partial charge in [0.2, 0.25) is 0 Å². The van der Waals surface area contributed by atoms with Gasteiger partial charge in [-0.15, -0.1) is 0 Å². The molecule has 2 aliphatic rings. The van der Waals surface area contributed by atoms with Crippen LogP contribution in [0.2, 0.25) is 0 Å². The molecule has 40 heavy (non-hydrogen) atoms. The third-order valence-electron chi connectivity index (χ3n) is 8.00. The Bertz CT molecular complexity index is 1640. The Morgan fingerprint density at radius 2 is 1.75 bits per heavy atom. The number of para-hydroxylation sites is 1. The van der Waals surface area contributed by atoms with Crippen molar-refractivity contribution in [2.45, 2.75) is 25.3 Å². The van der Waals surface area contributed by atoms with Crippen LogP contribution in [-0.4, -0.2) is 55.0 Å². The van der Waals surface area contributed by atoms with Crippen molar-refractivity contribution in [1.82, 2.24) is 15.2 Å². The summed E-state index contributed by atoms with van der Waals surface area (Å²) in [6, 6.07) is 19.8. The number of urea groups is 1. The van der Waals surface area contributed by atoms with E-state index >= 15 is 0 Å². The molecule has 0 saturated carbocycles. The van der Waals surface area contributed by atoms with Crippen LogP contribution in [0, 0.1) is 0 Å². The number of H-pyrrole nitrogens is 1. The minimum absolute atomic E-state index is 0.238. The van der Waals surface area contributed by atoms with E-state index in [2.05, 4.69) is 10.3 Å². The summed E-state index contributed by atoms with van der Waals surface area (Å²) in [5.74, 6) is 0.742. The molecule has 3 heterocycles. The molecule has 9 heteroatoms. The summed E-state index contributed by atoms with van der Waals surface area (Å²) in [5.41, 5.74) is 3.56. The largest absolute Gasteiger partial charge is 0.493 e. The summed E-state index contributed by atoms with van der Waals surface area (Å²) in [6.07, 6.45) is 1.29. The number of imide groups is 1. The average molecular weight is 539 g/mol. The van der Waals surface area contributed by atoms with Crippen molar-refractivity contribution in [1.29, 1.82) is 0 Å². The molecule has 1 fully saturated rings. The van der Waals surface area contributed by atoms with Gasteiger partial charge in [-0.3, -0.25) is 9.59 Å². The Morgan fingerprint density at radius 3 is 2.50 bits per heavy atom. The summed E-state index contributed by atoms with van der Waals surface area (Å²) in [5, 5.41) is 4.00. The first kappa shape index (κ1) is 25.5. The highest BCUT2D eigenvalue weighted by atomic mass is 16.5. The van der Waals surface area contributed by atoms with Crippen molar-refractivity contribution in [3.8, 4) is 11.5 Å². The van der Waals surface area contributed by atoms with Crippen LogP contribution in [0.4, 0.5) is 10.5 Å². The smallest absolute Gasteiger partial charge is 0.332 e. The molecule has 6 rings (SSSR count). The molecular formula is C31H30N4O5. The number of hydrogen-bond acceptors (Lipinski definition) is 5. The van der Waals surface area contributed by atoms with E-state index in [1.54, 1.807) is 50.3 Å². The number of nitrogens with zero attached hydrogens (tertiary/aromatic N) is 2. The molecule has 2 N–H and O–H groups in total. The van der Waals surface area contributed by atoms with Crippen LogP contribution in [0.3, 0.4) is 0 Å². The molecule has 3 aromatic carbocycles. The number of methoxy groups -OCH3 is 2. The van der Waals surface area contributed by atoms with Crippen LogP contribution >= 0.6 is 0 Å². The highest BCUT2D eigenvalue weighted by molar-refractivity contribution is 6.23. The lowest BCUT2D eigenvalue weighted by Gasteiger charge is -2.35. The Labute approximate surface area is 231 Å². The molecule has 9 nitrogen and oxygen atoms in total. The van der Waals surface area contributed by atoms with Gasteiger partial charge < -0.3 is 24.7 Å². The first-order valence-corrected chi connectivity index (χ1v) is 13.2. The van der Waals surface area contributed by atoms with Crippen LogP contribution in [0.25, 0.3) is 10.9 Å². The molecule has 1 saturated heterocycles. The Kier molecular flexibility index (Phi) is 6.21. The van der Waals surface area contributed by atoms with Gasteiger partial charge in [-0.2, -0.15) is 0 Å². The Morgan fingerprint density at radius 1 is 1.00 bits per heavy atom. The predicted octanol–water partition coefficient (Wildman–Crippen LogP) is 4.40. The van der Waals surface area contributed by atoms with Gasteiger partial charge in [-0.1, -0.05) is 24.3 Å². The zero-order valence-electron chi connectivity index (χ0n) is 22.6. The molecule has 4 aromatic rings. The first-order chi connectivity index (χ1) is 19.4. The second kappa shape index (κ2) is 9.75. The van der Waals surface area contributed by atoms with Gasteiger partial charge in [0.25, 0.3) is 11.8 Å². The molecule has 1 unspecified atom stereocenters. The van der Waals surface area contributed by atoms with Crippen LogP contribution in [0.5, 0.6) is 11.5 Å². The minimum atomic E-state index is -1.12. The highest BCUT2D eigenvalue weighted by Crippen LogP contribution is 2.45. The van der Waals surface area contributed by atoms with Crippen molar-refractivity contribution in [3.05, 3.63) is 89.1 Å². The maximum atomic E-state index is 13.8. The Balaban J connectivity index is 1.16. The second-order valence-corrected chi connectivity index (χ2v) is 10.2. The fourth-order valence-electron chi connectivity index (χ4n) is 5.84. The normalized spacial score (nSPS) is 18.1. The standard InChI is InChI=1S/C31H30N4O5/c1-31-27-23(22-6-4-5-7-24(22)33-27)15-17-34(31)30(38)35(29(31)37)21-11-9-20(10-12-21)28(36)32-16-14-19-8-13-25(39-2)26(18-19)40-3/h4-13,18,33H,14-17H2,1-3H3,(H,32,36). The monoisotopic (exact) mass is 538 g/mol. The van der Waals surface area contributed by atoms with Gasteiger partial charge in [0.1, 0.15) is 0 Å². The van der Waals surface area contributed by atoms with E-state index in [-0.39, 0.29) is 17.8 Å². The maximum absolute atomic E-state index is 13.8. The summed E-state index contributed by atoms with van der Waals surface area (Å²) >= 11 is 0. The number of amides is 4. The maximum Gasteiger partial charge on any atom is 0.332 e. The number of hydrogen-bond donors (Lipinski definition) is 2. The zero-order valence-corrected chi connectivity index (χ0v) is 22.6. The number of nitrogens with one attached hydrogen (secondary N) is 2. The topological polar surface area (TPSA) is 104 Å². The number of benzene rings is 3. The molecular weight excluding hydrogens is 508 g/mol. The minimum Gasteiger partial charge on any atom is -0.493 e. The van der Waals surface area contributed by atoms with Gasteiger partial charge in [0.05, 0.1) is 25.6 Å². The number of carbonyl (C=O) groups excluding carboxylic acids is 3. The van der Waals surface area contributed by atoms with E-state index < -0.39 is 5.54 Å². The van der Waals surface area contributed by atoms with E-state index in [9.17, 15) is 14.4 Å². The lowest BCUT2D eigenvalue weighted by Crippen LogP contribution is -2.49. The van der Waals surface area contributed by atoms with E-state index in [0.29, 0.717) is 48.7 Å². The lowest BCUT2D eigenvalue weighted by atomic mass is 9.87. The van der Waals surface area contributed by atoms with E-state index in [1.807, 2.05) is 42.5 Å². The first-order valence-electron chi connectivity index (χ1n) is 13.2. The number of rotatable bonds is 7. The second-order valence-electron chi connectivity index (χ2n) is 10.2. The molecule has 0 radical (unpaired) electrons. The zero-order chi connectivity index (χ0) is 28.0. The molecule has 2 aliphatic heterocycles. The fraction of sp³-hybridized carbons (Fsp3) is 0.258. The van der Waals surface area contributed by atoms with E-state index in [4.69, 9.17) is 9.47 Å². The lowest BCUT2D eigenvalue weighted by molar-refractivity contribution is -0.125. The summed E-state index contributed by atoms with van der Waals surface area (Å²) < 4.78 is 10.6. The van der Waals surface area contributed by atoms with Crippen LogP contribution < -0.4 is 19.7 Å². The summed E-state index contributed by atoms with van der Waals surface area (Å²) in [4.78, 5) is 46.4. The van der Waals surface area contributed by atoms with Crippen molar-refractivity contribution >= 4 is 34.4 Å². The number of aromatic amines is 1. The molecule has 4 amide bonds. The molecule has 1 atom stereocenters. The van der Waals surface area contributed by atoms with Gasteiger partial charge in [0, 0.05) is 29.6 Å². The van der Waals surface area contributed by atoms with E-state index in [0.717, 1.165) is 27.7 Å². The van der Waals surface area contributed by atoms with Crippen molar-refractivity contribution in [2.24, 2.45) is 0 Å².